The summed E-state index contributed by atoms with van der Waals surface area (Å²) in [6, 6.07) is 25.7. The summed E-state index contributed by atoms with van der Waals surface area (Å²) in [5.74, 6) is -0.623. The number of carbonyl (C=O) groups is 3. The molecule has 2 heterocycles. The van der Waals surface area contributed by atoms with Gasteiger partial charge in [0.25, 0.3) is 5.91 Å². The van der Waals surface area contributed by atoms with E-state index in [2.05, 4.69) is 5.32 Å². The average Bonchev–Trinajstić information content (AvgIpc) is 3.34. The highest BCUT2D eigenvalue weighted by Crippen LogP contribution is 2.32. The smallest absolute Gasteiger partial charge is 0.256 e. The van der Waals surface area contributed by atoms with Crippen LogP contribution in [0.5, 0.6) is 0 Å². The van der Waals surface area contributed by atoms with Gasteiger partial charge in [-0.2, -0.15) is 0 Å². The van der Waals surface area contributed by atoms with Crippen LogP contribution in [0.1, 0.15) is 40.4 Å². The molecule has 33 heavy (non-hydrogen) atoms. The second-order valence-corrected chi connectivity index (χ2v) is 8.42. The molecule has 1 saturated heterocycles. The standard InChI is InChI=1S/C27H25N3O3/c31-24(28-25(19-10-3-1-4-11-19)20-12-5-2-6-13-20)18-30-22-15-8-7-14-21(22)26(32)29-17-9-16-23(29)27(30)33/h1-8,10-15,23,25H,9,16-18H2,(H,28,31)/t23-/m1/s1. The van der Waals surface area contributed by atoms with E-state index in [1.54, 1.807) is 29.2 Å². The molecule has 5 rings (SSSR count). The van der Waals surface area contributed by atoms with Crippen molar-refractivity contribution >= 4 is 23.4 Å². The first-order valence-corrected chi connectivity index (χ1v) is 11.2. The van der Waals surface area contributed by atoms with E-state index in [1.165, 1.54) is 4.90 Å². The van der Waals surface area contributed by atoms with Crippen LogP contribution in [-0.4, -0.2) is 41.8 Å². The van der Waals surface area contributed by atoms with Gasteiger partial charge < -0.3 is 15.1 Å². The van der Waals surface area contributed by atoms with Gasteiger partial charge in [0.05, 0.1) is 17.3 Å². The number of nitrogens with zero attached hydrogens (tertiary/aromatic N) is 2. The summed E-state index contributed by atoms with van der Waals surface area (Å²) in [4.78, 5) is 43.0. The molecule has 3 aromatic rings. The maximum absolute atomic E-state index is 13.4. The lowest BCUT2D eigenvalue weighted by molar-refractivity contribution is -0.125. The molecule has 1 atom stereocenters. The van der Waals surface area contributed by atoms with Gasteiger partial charge in [-0.1, -0.05) is 72.8 Å². The molecule has 0 spiro atoms. The maximum atomic E-state index is 13.4. The molecule has 0 bridgehead atoms. The number of hydrogen-bond donors (Lipinski definition) is 1. The number of carbonyl (C=O) groups excluding carboxylic acids is 3. The SMILES string of the molecule is O=C(CN1C(=O)[C@H]2CCCN2C(=O)c2ccccc21)NC(c1ccccc1)c1ccccc1. The van der Waals surface area contributed by atoms with E-state index in [9.17, 15) is 14.4 Å². The fourth-order valence-corrected chi connectivity index (χ4v) is 4.77. The Morgan fingerprint density at radius 1 is 0.879 bits per heavy atom. The van der Waals surface area contributed by atoms with Crippen molar-refractivity contribution in [1.29, 1.82) is 0 Å². The zero-order valence-electron chi connectivity index (χ0n) is 18.2. The Morgan fingerprint density at radius 3 is 2.15 bits per heavy atom. The van der Waals surface area contributed by atoms with Gasteiger partial charge in [-0.15, -0.1) is 0 Å². The highest BCUT2D eigenvalue weighted by atomic mass is 16.2. The number of amides is 3. The molecular weight excluding hydrogens is 414 g/mol. The molecule has 166 valence electrons. The molecule has 6 heteroatoms. The van der Waals surface area contributed by atoms with Crippen molar-refractivity contribution in [1.82, 2.24) is 10.2 Å². The van der Waals surface area contributed by atoms with Crippen molar-refractivity contribution < 1.29 is 14.4 Å². The minimum Gasteiger partial charge on any atom is -0.344 e. The third-order valence-corrected chi connectivity index (χ3v) is 6.36. The number of benzene rings is 3. The monoisotopic (exact) mass is 439 g/mol. The molecule has 0 aliphatic carbocycles. The quantitative estimate of drug-likeness (QED) is 0.661. The molecule has 6 nitrogen and oxygen atoms in total. The van der Waals surface area contributed by atoms with Crippen LogP contribution >= 0.6 is 0 Å². The Labute approximate surface area is 192 Å². The normalized spacial score (nSPS) is 17.5. The van der Waals surface area contributed by atoms with E-state index >= 15 is 0 Å². The van der Waals surface area contributed by atoms with Crippen LogP contribution in [0.3, 0.4) is 0 Å². The van der Waals surface area contributed by atoms with Crippen molar-refractivity contribution in [2.75, 3.05) is 18.0 Å². The maximum Gasteiger partial charge on any atom is 0.256 e. The van der Waals surface area contributed by atoms with Crippen molar-refractivity contribution in [3.05, 3.63) is 102 Å². The molecule has 0 aromatic heterocycles. The van der Waals surface area contributed by atoms with Crippen molar-refractivity contribution in [2.45, 2.75) is 24.9 Å². The minimum atomic E-state index is -0.517. The Bertz CT molecular complexity index is 1140. The summed E-state index contributed by atoms with van der Waals surface area (Å²) in [6.45, 7) is 0.414. The number of rotatable bonds is 5. The van der Waals surface area contributed by atoms with Gasteiger partial charge >= 0.3 is 0 Å². The van der Waals surface area contributed by atoms with Gasteiger partial charge in [0.15, 0.2) is 0 Å². The van der Waals surface area contributed by atoms with Gasteiger partial charge in [-0.25, -0.2) is 0 Å². The van der Waals surface area contributed by atoms with E-state index in [0.717, 1.165) is 17.5 Å². The van der Waals surface area contributed by atoms with E-state index in [-0.39, 0.29) is 30.3 Å². The molecule has 1 N–H and O–H groups in total. The predicted molar refractivity (Wildman–Crippen MR) is 126 cm³/mol. The van der Waals surface area contributed by atoms with Crippen LogP contribution in [0, 0.1) is 0 Å². The predicted octanol–water partition coefficient (Wildman–Crippen LogP) is 3.54. The second kappa shape index (κ2) is 8.90. The number of para-hydroxylation sites is 1. The summed E-state index contributed by atoms with van der Waals surface area (Å²) < 4.78 is 0. The molecule has 1 fully saturated rings. The van der Waals surface area contributed by atoms with Crippen LogP contribution in [-0.2, 0) is 9.59 Å². The molecule has 3 aromatic carbocycles. The summed E-state index contributed by atoms with van der Waals surface area (Å²) in [7, 11) is 0. The zero-order valence-corrected chi connectivity index (χ0v) is 18.2. The van der Waals surface area contributed by atoms with Gasteiger partial charge in [-0.05, 0) is 36.1 Å². The van der Waals surface area contributed by atoms with E-state index in [1.807, 2.05) is 60.7 Å². The molecule has 2 aliphatic rings. The van der Waals surface area contributed by atoms with Gasteiger partial charge in [-0.3, -0.25) is 14.4 Å². The average molecular weight is 440 g/mol. The zero-order chi connectivity index (χ0) is 22.8. The van der Waals surface area contributed by atoms with Gasteiger partial charge in [0.2, 0.25) is 11.8 Å². The first kappa shape index (κ1) is 20.9. The molecule has 2 aliphatic heterocycles. The summed E-state index contributed by atoms with van der Waals surface area (Å²) in [5.41, 5.74) is 2.87. The highest BCUT2D eigenvalue weighted by molar-refractivity contribution is 6.12. The number of nitrogens with one attached hydrogen (secondary N) is 1. The first-order valence-electron chi connectivity index (χ1n) is 11.2. The Hall–Kier alpha value is -3.93. The Kier molecular flexibility index (Phi) is 5.65. The van der Waals surface area contributed by atoms with E-state index < -0.39 is 6.04 Å². The van der Waals surface area contributed by atoms with Crippen molar-refractivity contribution in [2.24, 2.45) is 0 Å². The molecule has 0 radical (unpaired) electrons. The molecule has 3 amide bonds. The van der Waals surface area contributed by atoms with Crippen LogP contribution in [0.2, 0.25) is 0 Å². The van der Waals surface area contributed by atoms with Crippen LogP contribution in [0.25, 0.3) is 0 Å². The van der Waals surface area contributed by atoms with Crippen molar-refractivity contribution in [3.63, 3.8) is 0 Å². The summed E-state index contributed by atoms with van der Waals surface area (Å²) in [6.07, 6.45) is 1.40. The Balaban J connectivity index is 1.45. The topological polar surface area (TPSA) is 69.7 Å². The van der Waals surface area contributed by atoms with Crippen LogP contribution in [0.4, 0.5) is 5.69 Å². The molecule has 0 saturated carbocycles. The highest BCUT2D eigenvalue weighted by Gasteiger charge is 2.42. The van der Waals surface area contributed by atoms with E-state index in [4.69, 9.17) is 0 Å². The first-order chi connectivity index (χ1) is 16.1. The molecule has 0 unspecified atom stereocenters. The minimum absolute atomic E-state index is 0.143. The van der Waals surface area contributed by atoms with Gasteiger partial charge in [0, 0.05) is 6.54 Å². The van der Waals surface area contributed by atoms with Crippen molar-refractivity contribution in [3.8, 4) is 0 Å². The lowest BCUT2D eigenvalue weighted by Crippen LogP contribution is -2.48. The third-order valence-electron chi connectivity index (χ3n) is 6.36. The number of fused-ring (bicyclic) bond motifs is 2. The fourth-order valence-electron chi connectivity index (χ4n) is 4.77. The molecular formula is C27H25N3O3. The third kappa shape index (κ3) is 4.00. The van der Waals surface area contributed by atoms with E-state index in [0.29, 0.717) is 24.2 Å². The van der Waals surface area contributed by atoms with Gasteiger partial charge in [0.1, 0.15) is 12.6 Å². The lowest BCUT2D eigenvalue weighted by Gasteiger charge is -2.27. The largest absolute Gasteiger partial charge is 0.344 e. The lowest BCUT2D eigenvalue weighted by atomic mass is 9.98. The number of anilines is 1. The summed E-state index contributed by atoms with van der Waals surface area (Å²) in [5, 5.41) is 3.11. The fraction of sp³-hybridized carbons (Fsp3) is 0.222. The number of hydrogen-bond acceptors (Lipinski definition) is 3. The van der Waals surface area contributed by atoms with Crippen LogP contribution < -0.4 is 10.2 Å². The second-order valence-electron chi connectivity index (χ2n) is 8.42. The Morgan fingerprint density at radius 2 is 1.48 bits per heavy atom. The summed E-state index contributed by atoms with van der Waals surface area (Å²) >= 11 is 0. The van der Waals surface area contributed by atoms with Crippen LogP contribution in [0.15, 0.2) is 84.9 Å².